The van der Waals surface area contributed by atoms with Gasteiger partial charge in [0.25, 0.3) is 0 Å². The highest BCUT2D eigenvalue weighted by molar-refractivity contribution is 7.99. The van der Waals surface area contributed by atoms with Crippen LogP contribution in [0.5, 0.6) is 0 Å². The Kier molecular flexibility index (Phi) is 4.48. The molecule has 1 amide bonds. The molecule has 0 spiro atoms. The van der Waals surface area contributed by atoms with E-state index in [1.54, 1.807) is 42.9 Å². The van der Waals surface area contributed by atoms with Crippen LogP contribution in [0.1, 0.15) is 5.56 Å². The largest absolute Gasteiger partial charge is 0.325 e. The number of rotatable bonds is 4. The summed E-state index contributed by atoms with van der Waals surface area (Å²) < 4.78 is 0. The normalized spacial score (nSPS) is 9.63. The van der Waals surface area contributed by atoms with E-state index in [-0.39, 0.29) is 11.7 Å². The van der Waals surface area contributed by atoms with Gasteiger partial charge < -0.3 is 5.32 Å². The van der Waals surface area contributed by atoms with Crippen LogP contribution in [0.2, 0.25) is 0 Å². The topological polar surface area (TPSA) is 78.7 Å². The molecule has 5 nitrogen and oxygen atoms in total. The van der Waals surface area contributed by atoms with E-state index < -0.39 is 0 Å². The molecule has 0 aliphatic rings. The van der Waals surface area contributed by atoms with Crippen molar-refractivity contribution in [2.75, 3.05) is 11.1 Å². The Morgan fingerprint density at radius 3 is 3.05 bits per heavy atom. The summed E-state index contributed by atoms with van der Waals surface area (Å²) in [6, 6.07) is 8.81. The third kappa shape index (κ3) is 4.08. The van der Waals surface area contributed by atoms with Crippen molar-refractivity contribution < 1.29 is 4.79 Å². The molecule has 0 unspecified atom stereocenters. The van der Waals surface area contributed by atoms with E-state index in [1.165, 1.54) is 11.8 Å². The van der Waals surface area contributed by atoms with E-state index in [0.29, 0.717) is 16.3 Å². The van der Waals surface area contributed by atoms with Gasteiger partial charge in [-0.2, -0.15) is 5.26 Å². The molecule has 1 heterocycles. The van der Waals surface area contributed by atoms with Gasteiger partial charge in [-0.05, 0) is 18.2 Å². The molecule has 2 rings (SSSR count). The van der Waals surface area contributed by atoms with Gasteiger partial charge in [-0.15, -0.1) is 0 Å². The first kappa shape index (κ1) is 13.1. The molecule has 0 radical (unpaired) electrons. The van der Waals surface area contributed by atoms with Crippen LogP contribution in [-0.4, -0.2) is 21.6 Å². The first-order chi connectivity index (χ1) is 9.28. The lowest BCUT2D eigenvalue weighted by Crippen LogP contribution is -2.14. The van der Waals surface area contributed by atoms with Gasteiger partial charge in [-0.1, -0.05) is 17.8 Å². The lowest BCUT2D eigenvalue weighted by atomic mass is 10.2. The molecule has 2 aromatic rings. The molecule has 0 saturated carbocycles. The smallest absolute Gasteiger partial charge is 0.234 e. The molecule has 0 saturated heterocycles. The third-order valence-corrected chi connectivity index (χ3v) is 3.08. The molecule has 0 bridgehead atoms. The summed E-state index contributed by atoms with van der Waals surface area (Å²) in [5.74, 6) is 0.0981. The fourth-order valence-corrected chi connectivity index (χ4v) is 1.98. The summed E-state index contributed by atoms with van der Waals surface area (Å²) in [6.07, 6.45) is 4.77. The SMILES string of the molecule is N#Cc1cccc(NC(=O)CSc2cnccn2)c1. The highest BCUT2D eigenvalue weighted by Crippen LogP contribution is 2.14. The van der Waals surface area contributed by atoms with Crippen LogP contribution in [0.4, 0.5) is 5.69 Å². The summed E-state index contributed by atoms with van der Waals surface area (Å²) >= 11 is 1.31. The number of carbonyl (C=O) groups excluding carboxylic acids is 1. The monoisotopic (exact) mass is 270 g/mol. The van der Waals surface area contributed by atoms with E-state index in [0.717, 1.165) is 0 Å². The standard InChI is InChI=1S/C13H10N4OS/c14-7-10-2-1-3-11(6-10)17-12(18)9-19-13-8-15-4-5-16-13/h1-6,8H,9H2,(H,17,18). The molecular weight excluding hydrogens is 260 g/mol. The zero-order valence-corrected chi connectivity index (χ0v) is 10.7. The van der Waals surface area contributed by atoms with Crippen LogP contribution in [0.25, 0.3) is 0 Å². The van der Waals surface area contributed by atoms with Gasteiger partial charge in [0.15, 0.2) is 0 Å². The number of hydrogen-bond donors (Lipinski definition) is 1. The van der Waals surface area contributed by atoms with Gasteiger partial charge in [0.2, 0.25) is 5.91 Å². The summed E-state index contributed by atoms with van der Waals surface area (Å²) in [6.45, 7) is 0. The minimum Gasteiger partial charge on any atom is -0.325 e. The number of thioether (sulfide) groups is 1. The van der Waals surface area contributed by atoms with E-state index in [9.17, 15) is 4.79 Å². The van der Waals surface area contributed by atoms with Crippen molar-refractivity contribution in [1.29, 1.82) is 5.26 Å². The van der Waals surface area contributed by atoms with Gasteiger partial charge in [0, 0.05) is 18.1 Å². The van der Waals surface area contributed by atoms with Crippen LogP contribution >= 0.6 is 11.8 Å². The quantitative estimate of drug-likeness (QED) is 0.860. The van der Waals surface area contributed by atoms with Crippen molar-refractivity contribution in [2.45, 2.75) is 5.03 Å². The Labute approximate surface area is 114 Å². The molecule has 1 aromatic carbocycles. The fourth-order valence-electron chi connectivity index (χ4n) is 1.36. The number of nitrogens with one attached hydrogen (secondary N) is 1. The summed E-state index contributed by atoms with van der Waals surface area (Å²) in [7, 11) is 0. The first-order valence-electron chi connectivity index (χ1n) is 5.47. The predicted octanol–water partition coefficient (Wildman–Crippen LogP) is 2.08. The van der Waals surface area contributed by atoms with Crippen molar-refractivity contribution >= 4 is 23.4 Å². The molecule has 19 heavy (non-hydrogen) atoms. The molecule has 0 aliphatic carbocycles. The molecule has 1 aromatic heterocycles. The number of nitrogens with zero attached hydrogens (tertiary/aromatic N) is 3. The average molecular weight is 270 g/mol. The van der Waals surface area contributed by atoms with E-state index in [2.05, 4.69) is 15.3 Å². The van der Waals surface area contributed by atoms with Crippen LogP contribution in [0.3, 0.4) is 0 Å². The number of hydrogen-bond acceptors (Lipinski definition) is 5. The van der Waals surface area contributed by atoms with Crippen LogP contribution in [0.15, 0.2) is 47.9 Å². The minimum atomic E-state index is -0.147. The Morgan fingerprint density at radius 1 is 1.42 bits per heavy atom. The molecule has 0 aliphatic heterocycles. The molecule has 1 N–H and O–H groups in total. The van der Waals surface area contributed by atoms with Crippen LogP contribution in [-0.2, 0) is 4.79 Å². The van der Waals surface area contributed by atoms with Crippen molar-refractivity contribution in [3.05, 3.63) is 48.4 Å². The Morgan fingerprint density at radius 2 is 2.32 bits per heavy atom. The van der Waals surface area contributed by atoms with Crippen molar-refractivity contribution in [1.82, 2.24) is 9.97 Å². The summed E-state index contributed by atoms with van der Waals surface area (Å²) in [5, 5.41) is 12.2. The molecule has 0 fully saturated rings. The Balaban J connectivity index is 1.89. The maximum Gasteiger partial charge on any atom is 0.234 e. The number of carbonyl (C=O) groups is 1. The van der Waals surface area contributed by atoms with Crippen LogP contribution < -0.4 is 5.32 Å². The second-order valence-electron chi connectivity index (χ2n) is 3.57. The van der Waals surface area contributed by atoms with Gasteiger partial charge in [-0.25, -0.2) is 4.98 Å². The van der Waals surface area contributed by atoms with Gasteiger partial charge >= 0.3 is 0 Å². The zero-order chi connectivity index (χ0) is 13.5. The number of anilines is 1. The molecule has 0 atom stereocenters. The van der Waals surface area contributed by atoms with Gasteiger partial charge in [0.05, 0.1) is 23.6 Å². The molecule has 6 heteroatoms. The average Bonchev–Trinajstić information content (AvgIpc) is 2.46. The molecule has 94 valence electrons. The summed E-state index contributed by atoms with van der Waals surface area (Å²) in [5.41, 5.74) is 1.13. The first-order valence-corrected chi connectivity index (χ1v) is 6.45. The predicted molar refractivity (Wildman–Crippen MR) is 72.5 cm³/mol. The third-order valence-electron chi connectivity index (χ3n) is 2.17. The van der Waals surface area contributed by atoms with Crippen molar-refractivity contribution in [2.24, 2.45) is 0 Å². The second-order valence-corrected chi connectivity index (χ2v) is 4.57. The fraction of sp³-hybridized carbons (Fsp3) is 0.0769. The van der Waals surface area contributed by atoms with Gasteiger partial charge in [0.1, 0.15) is 5.03 Å². The number of aromatic nitrogens is 2. The lowest BCUT2D eigenvalue weighted by Gasteiger charge is -2.04. The van der Waals surface area contributed by atoms with Gasteiger partial charge in [-0.3, -0.25) is 9.78 Å². The Bertz CT molecular complexity index is 610. The number of benzene rings is 1. The maximum absolute atomic E-state index is 11.7. The number of amides is 1. The van der Waals surface area contributed by atoms with E-state index in [1.807, 2.05) is 6.07 Å². The van der Waals surface area contributed by atoms with Crippen molar-refractivity contribution in [3.63, 3.8) is 0 Å². The lowest BCUT2D eigenvalue weighted by molar-refractivity contribution is -0.113. The maximum atomic E-state index is 11.7. The van der Waals surface area contributed by atoms with Crippen molar-refractivity contribution in [3.8, 4) is 6.07 Å². The van der Waals surface area contributed by atoms with Crippen LogP contribution in [0, 0.1) is 11.3 Å². The van der Waals surface area contributed by atoms with E-state index >= 15 is 0 Å². The summed E-state index contributed by atoms with van der Waals surface area (Å²) in [4.78, 5) is 19.7. The highest BCUT2D eigenvalue weighted by atomic mass is 32.2. The number of nitriles is 1. The molecular formula is C13H10N4OS. The second kappa shape index (κ2) is 6.52. The Hall–Kier alpha value is -2.39. The highest BCUT2D eigenvalue weighted by Gasteiger charge is 2.04. The van der Waals surface area contributed by atoms with E-state index in [4.69, 9.17) is 5.26 Å². The minimum absolute atomic E-state index is 0.147. The zero-order valence-electron chi connectivity index (χ0n) is 9.91.